The summed E-state index contributed by atoms with van der Waals surface area (Å²) >= 11 is 0. The first-order chi connectivity index (χ1) is 20.0. The third-order valence-corrected chi connectivity index (χ3v) is 9.91. The molecule has 0 saturated heterocycles. The van der Waals surface area contributed by atoms with Gasteiger partial charge in [-0.3, -0.25) is 4.79 Å². The molecule has 0 spiro atoms. The molecule has 42 heavy (non-hydrogen) atoms. The number of ether oxygens (including phenoxy) is 1. The van der Waals surface area contributed by atoms with E-state index in [1.54, 1.807) is 30.0 Å². The van der Waals surface area contributed by atoms with Crippen LogP contribution in [0.3, 0.4) is 0 Å². The van der Waals surface area contributed by atoms with E-state index >= 15 is 0 Å². The van der Waals surface area contributed by atoms with Gasteiger partial charge in [0, 0.05) is 36.8 Å². The highest BCUT2D eigenvalue weighted by molar-refractivity contribution is 7.89. The number of nitrogens with one attached hydrogen (secondary N) is 2. The van der Waals surface area contributed by atoms with E-state index in [0.717, 1.165) is 42.1 Å². The van der Waals surface area contributed by atoms with Crippen molar-refractivity contribution in [2.75, 3.05) is 32.1 Å². The number of amides is 3. The summed E-state index contributed by atoms with van der Waals surface area (Å²) in [4.78, 5) is 27.7. The van der Waals surface area contributed by atoms with Crippen LogP contribution in [0.25, 0.3) is 0 Å². The molecule has 0 bridgehead atoms. The Morgan fingerprint density at radius 3 is 2.52 bits per heavy atom. The number of carbonyl (C=O) groups is 2. The summed E-state index contributed by atoms with van der Waals surface area (Å²) in [6, 6.07) is 9.04. The minimum Gasteiger partial charge on any atom is -0.488 e. The number of nitrogens with zero attached hydrogens (tertiary/aromatic N) is 2. The highest BCUT2D eigenvalue weighted by Crippen LogP contribution is 2.30. The minimum atomic E-state index is -3.95. The molecule has 1 heterocycles. The van der Waals surface area contributed by atoms with Crippen molar-refractivity contribution < 1.29 is 32.2 Å². The molecule has 2 aromatic carbocycles. The van der Waals surface area contributed by atoms with E-state index in [2.05, 4.69) is 10.6 Å². The fourth-order valence-corrected chi connectivity index (χ4v) is 6.65. The van der Waals surface area contributed by atoms with E-state index in [1.165, 1.54) is 25.6 Å². The fraction of sp³-hybridized carbons (Fsp3) is 0.533. The summed E-state index contributed by atoms with van der Waals surface area (Å²) in [5, 5.41) is 15.7. The summed E-state index contributed by atoms with van der Waals surface area (Å²) in [6.45, 7) is 3.57. The molecule has 1 fully saturated rings. The number of benzene rings is 2. The zero-order valence-corrected chi connectivity index (χ0v) is 25.2. The third-order valence-electron chi connectivity index (χ3n) is 8.07. The van der Waals surface area contributed by atoms with Crippen LogP contribution in [0.1, 0.15) is 51.5 Å². The predicted molar refractivity (Wildman–Crippen MR) is 157 cm³/mol. The van der Waals surface area contributed by atoms with Gasteiger partial charge >= 0.3 is 6.03 Å². The number of likely N-dealkylation sites (N-methyl/N-ethyl adjacent to an activating group) is 1. The average Bonchev–Trinajstić information content (AvgIpc) is 3.00. The Morgan fingerprint density at radius 2 is 1.86 bits per heavy atom. The molecule has 12 heteroatoms. The maximum atomic E-state index is 13.4. The van der Waals surface area contributed by atoms with E-state index in [-0.39, 0.29) is 54.9 Å². The molecule has 1 aliphatic heterocycles. The van der Waals surface area contributed by atoms with Crippen molar-refractivity contribution in [3.8, 4) is 5.75 Å². The van der Waals surface area contributed by atoms with E-state index in [0.29, 0.717) is 17.0 Å². The number of halogens is 1. The number of rotatable bonds is 8. The summed E-state index contributed by atoms with van der Waals surface area (Å²) in [7, 11) is -2.52. The number of anilines is 1. The largest absolute Gasteiger partial charge is 0.488 e. The molecule has 3 atom stereocenters. The van der Waals surface area contributed by atoms with E-state index in [1.807, 2.05) is 6.92 Å². The number of aliphatic hydroxyl groups is 1. The molecule has 10 nitrogen and oxygen atoms in total. The number of hydrogen-bond donors (Lipinski definition) is 3. The molecule has 1 saturated carbocycles. The second-order valence-electron chi connectivity index (χ2n) is 11.4. The molecule has 1 aliphatic carbocycles. The topological polar surface area (TPSA) is 128 Å². The molecule has 0 radical (unpaired) electrons. The molecule has 2 aromatic rings. The van der Waals surface area contributed by atoms with Crippen LogP contribution in [0.2, 0.25) is 0 Å². The Hall–Kier alpha value is -3.22. The maximum absolute atomic E-state index is 13.4. The molecule has 2 aliphatic rings. The number of urea groups is 1. The van der Waals surface area contributed by atoms with Crippen LogP contribution in [0, 0.1) is 11.7 Å². The van der Waals surface area contributed by atoms with Crippen LogP contribution in [-0.2, 0) is 21.2 Å². The lowest BCUT2D eigenvalue weighted by Crippen LogP contribution is -2.48. The molecule has 4 rings (SSSR count). The summed E-state index contributed by atoms with van der Waals surface area (Å²) in [6.07, 6.45) is 4.56. The van der Waals surface area contributed by atoms with Gasteiger partial charge in [0.05, 0.1) is 30.5 Å². The minimum absolute atomic E-state index is 0.0252. The predicted octanol–water partition coefficient (Wildman–Crippen LogP) is 3.75. The fourth-order valence-electron chi connectivity index (χ4n) is 5.46. The Morgan fingerprint density at radius 1 is 1.17 bits per heavy atom. The van der Waals surface area contributed by atoms with Crippen LogP contribution in [0.4, 0.5) is 14.9 Å². The standard InChI is InChI=1S/C30H41FN4O6S/c1-20-17-35(21(2)19-36)29(37)16-22-15-25(33-30(38)32-24-7-5-4-6-8-24)11-14-27(22)41-28(20)18-34(3)42(39,40)26-12-9-23(31)10-13-26/h9-15,20-21,24,28,36H,4-8,16-19H2,1-3H3,(H2,32,33,38)/t20-,21-,28-/m1/s1. The van der Waals surface area contributed by atoms with Crippen molar-refractivity contribution in [1.82, 2.24) is 14.5 Å². The van der Waals surface area contributed by atoms with E-state index in [9.17, 15) is 27.5 Å². The summed E-state index contributed by atoms with van der Waals surface area (Å²) in [5.74, 6) is -0.669. The van der Waals surface area contributed by atoms with Gasteiger partial charge < -0.3 is 25.4 Å². The van der Waals surface area contributed by atoms with Crippen molar-refractivity contribution in [2.24, 2.45) is 5.92 Å². The summed E-state index contributed by atoms with van der Waals surface area (Å²) < 4.78 is 47.5. The molecule has 230 valence electrons. The van der Waals surface area contributed by atoms with Crippen LogP contribution >= 0.6 is 0 Å². The number of carbonyl (C=O) groups excluding carboxylic acids is 2. The molecule has 0 unspecified atom stereocenters. The molecular weight excluding hydrogens is 563 g/mol. The SMILES string of the molecule is C[C@@H]1CN([C@H](C)CO)C(=O)Cc2cc(NC(=O)NC3CCCCC3)ccc2O[C@@H]1CN(C)S(=O)(=O)c1ccc(F)cc1. The first-order valence-electron chi connectivity index (χ1n) is 14.5. The second kappa shape index (κ2) is 13.8. The normalized spacial score (nSPS) is 21.0. The average molecular weight is 605 g/mol. The smallest absolute Gasteiger partial charge is 0.319 e. The highest BCUT2D eigenvalue weighted by atomic mass is 32.2. The number of aliphatic hydroxyl groups excluding tert-OH is 1. The molecule has 3 amide bonds. The molecular formula is C30H41FN4O6S. The van der Waals surface area contributed by atoms with Gasteiger partial charge in [0.1, 0.15) is 17.7 Å². The van der Waals surface area contributed by atoms with Gasteiger partial charge in [0.15, 0.2) is 0 Å². The van der Waals surface area contributed by atoms with Gasteiger partial charge in [-0.2, -0.15) is 4.31 Å². The van der Waals surface area contributed by atoms with Crippen molar-refractivity contribution in [2.45, 2.75) is 75.5 Å². The Balaban J connectivity index is 1.59. The van der Waals surface area contributed by atoms with E-state index in [4.69, 9.17) is 4.74 Å². The maximum Gasteiger partial charge on any atom is 0.319 e. The Labute approximate surface area is 247 Å². The van der Waals surface area contributed by atoms with Gasteiger partial charge in [-0.15, -0.1) is 0 Å². The van der Waals surface area contributed by atoms with Gasteiger partial charge in [0.2, 0.25) is 15.9 Å². The Bertz CT molecular complexity index is 1350. The molecule has 0 aromatic heterocycles. The Kier molecular flexibility index (Phi) is 10.4. The third kappa shape index (κ3) is 7.78. The van der Waals surface area contributed by atoms with Crippen molar-refractivity contribution >= 4 is 27.6 Å². The number of hydrogen-bond acceptors (Lipinski definition) is 6. The first-order valence-corrected chi connectivity index (χ1v) is 15.9. The van der Waals surface area contributed by atoms with Crippen LogP contribution < -0.4 is 15.4 Å². The lowest BCUT2D eigenvalue weighted by Gasteiger charge is -2.33. The van der Waals surface area contributed by atoms with E-state index < -0.39 is 28.0 Å². The van der Waals surface area contributed by atoms with Crippen molar-refractivity contribution in [1.29, 1.82) is 0 Å². The highest BCUT2D eigenvalue weighted by Gasteiger charge is 2.33. The monoisotopic (exact) mass is 604 g/mol. The van der Waals surface area contributed by atoms with Crippen LogP contribution in [0.5, 0.6) is 5.75 Å². The van der Waals surface area contributed by atoms with Crippen LogP contribution in [0.15, 0.2) is 47.4 Å². The second-order valence-corrected chi connectivity index (χ2v) is 13.4. The molecule has 3 N–H and O–H groups in total. The van der Waals surface area contributed by atoms with Crippen LogP contribution in [-0.4, -0.2) is 79.6 Å². The lowest BCUT2D eigenvalue weighted by atomic mass is 9.96. The lowest BCUT2D eigenvalue weighted by molar-refractivity contribution is -0.134. The quantitative estimate of drug-likeness (QED) is 0.421. The van der Waals surface area contributed by atoms with Gasteiger partial charge in [-0.1, -0.05) is 26.2 Å². The van der Waals surface area contributed by atoms with Crippen molar-refractivity contribution in [3.63, 3.8) is 0 Å². The van der Waals surface area contributed by atoms with Gasteiger partial charge in [-0.25, -0.2) is 17.6 Å². The number of fused-ring (bicyclic) bond motifs is 1. The zero-order valence-electron chi connectivity index (χ0n) is 24.4. The zero-order chi connectivity index (χ0) is 30.4. The van der Waals surface area contributed by atoms with Gasteiger partial charge in [0.25, 0.3) is 0 Å². The first kappa shape index (κ1) is 31.7. The van der Waals surface area contributed by atoms with Gasteiger partial charge in [-0.05, 0) is 62.2 Å². The van der Waals surface area contributed by atoms with Crippen molar-refractivity contribution in [3.05, 3.63) is 53.8 Å². The summed E-state index contributed by atoms with van der Waals surface area (Å²) in [5.41, 5.74) is 1.04. The number of sulfonamides is 1.